The molecule has 106 valence electrons. The molecule has 0 aliphatic carbocycles. The van der Waals surface area contributed by atoms with E-state index in [0.29, 0.717) is 6.10 Å². The molecule has 1 N–H and O–H groups in total. The van der Waals surface area contributed by atoms with Crippen molar-refractivity contribution in [3.63, 3.8) is 0 Å². The number of benzene rings is 1. The van der Waals surface area contributed by atoms with E-state index in [0.717, 1.165) is 50.0 Å². The van der Waals surface area contributed by atoms with Gasteiger partial charge in [-0.1, -0.05) is 24.6 Å². The Labute approximate surface area is 115 Å². The molecular weight excluding hydrogens is 241 g/mol. The normalized spacial score (nSPS) is 20.7. The van der Waals surface area contributed by atoms with Crippen molar-refractivity contribution in [3.8, 4) is 0 Å². The molecule has 2 nitrogen and oxygen atoms in total. The van der Waals surface area contributed by atoms with Gasteiger partial charge in [-0.2, -0.15) is 0 Å². The lowest BCUT2D eigenvalue weighted by Gasteiger charge is -2.21. The molecule has 2 rings (SSSR count). The van der Waals surface area contributed by atoms with E-state index in [-0.39, 0.29) is 11.9 Å². The van der Waals surface area contributed by atoms with Crippen LogP contribution in [0, 0.1) is 12.7 Å². The van der Waals surface area contributed by atoms with Crippen molar-refractivity contribution in [1.29, 1.82) is 0 Å². The minimum absolute atomic E-state index is 0.0918. The fourth-order valence-electron chi connectivity index (χ4n) is 2.77. The van der Waals surface area contributed by atoms with Gasteiger partial charge in [-0.25, -0.2) is 4.39 Å². The van der Waals surface area contributed by atoms with Crippen LogP contribution in [0.15, 0.2) is 18.2 Å². The summed E-state index contributed by atoms with van der Waals surface area (Å²) in [6, 6.07) is 5.44. The van der Waals surface area contributed by atoms with E-state index in [1.807, 2.05) is 19.1 Å². The molecule has 1 aliphatic heterocycles. The first-order valence-electron chi connectivity index (χ1n) is 7.31. The third-order valence-electron chi connectivity index (χ3n) is 3.78. The molecule has 2 unspecified atom stereocenters. The van der Waals surface area contributed by atoms with Crippen LogP contribution < -0.4 is 5.32 Å². The first kappa shape index (κ1) is 14.5. The SMILES string of the molecule is CCNC(CCC1CCCO1)c1cc(C)ccc1F. The number of hydrogen-bond acceptors (Lipinski definition) is 2. The monoisotopic (exact) mass is 265 g/mol. The lowest BCUT2D eigenvalue weighted by molar-refractivity contribution is 0.0995. The maximum absolute atomic E-state index is 14.0. The molecule has 19 heavy (non-hydrogen) atoms. The number of nitrogens with one attached hydrogen (secondary N) is 1. The van der Waals surface area contributed by atoms with Gasteiger partial charge >= 0.3 is 0 Å². The summed E-state index contributed by atoms with van der Waals surface area (Å²) < 4.78 is 19.6. The summed E-state index contributed by atoms with van der Waals surface area (Å²) in [4.78, 5) is 0. The summed E-state index contributed by atoms with van der Waals surface area (Å²) in [6.07, 6.45) is 4.61. The van der Waals surface area contributed by atoms with Crippen LogP contribution >= 0.6 is 0 Å². The highest BCUT2D eigenvalue weighted by Gasteiger charge is 2.20. The predicted octanol–water partition coefficient (Wildman–Crippen LogP) is 3.74. The molecule has 1 aromatic rings. The van der Waals surface area contributed by atoms with Gasteiger partial charge in [-0.3, -0.25) is 0 Å². The summed E-state index contributed by atoms with van der Waals surface area (Å²) in [5.74, 6) is -0.108. The number of hydrogen-bond donors (Lipinski definition) is 1. The van der Waals surface area contributed by atoms with Crippen LogP contribution in [0.3, 0.4) is 0 Å². The highest BCUT2D eigenvalue weighted by molar-refractivity contribution is 5.26. The third-order valence-corrected chi connectivity index (χ3v) is 3.78. The zero-order valence-electron chi connectivity index (χ0n) is 11.9. The fourth-order valence-corrected chi connectivity index (χ4v) is 2.77. The van der Waals surface area contributed by atoms with Crippen molar-refractivity contribution in [2.45, 2.75) is 51.7 Å². The lowest BCUT2D eigenvalue weighted by Crippen LogP contribution is -2.23. The second-order valence-electron chi connectivity index (χ2n) is 5.35. The molecule has 1 fully saturated rings. The Hall–Kier alpha value is -0.930. The summed E-state index contributed by atoms with van der Waals surface area (Å²) in [7, 11) is 0. The van der Waals surface area contributed by atoms with Gasteiger partial charge in [0.1, 0.15) is 5.82 Å². The van der Waals surface area contributed by atoms with Gasteiger partial charge < -0.3 is 10.1 Å². The summed E-state index contributed by atoms with van der Waals surface area (Å²) in [5, 5.41) is 3.40. The molecule has 1 heterocycles. The van der Waals surface area contributed by atoms with Crippen molar-refractivity contribution < 1.29 is 9.13 Å². The second kappa shape index (κ2) is 7.01. The van der Waals surface area contributed by atoms with Crippen LogP contribution in [0.1, 0.15) is 49.8 Å². The van der Waals surface area contributed by atoms with E-state index in [2.05, 4.69) is 12.2 Å². The Balaban J connectivity index is 2.03. The van der Waals surface area contributed by atoms with Gasteiger partial charge in [0.05, 0.1) is 6.10 Å². The number of ether oxygens (including phenoxy) is 1. The first-order chi connectivity index (χ1) is 9.20. The quantitative estimate of drug-likeness (QED) is 0.846. The molecule has 2 atom stereocenters. The summed E-state index contributed by atoms with van der Waals surface area (Å²) in [5.41, 5.74) is 1.90. The minimum Gasteiger partial charge on any atom is -0.378 e. The number of halogens is 1. The summed E-state index contributed by atoms with van der Waals surface area (Å²) >= 11 is 0. The molecule has 0 bridgehead atoms. The molecule has 1 aromatic carbocycles. The Morgan fingerprint density at radius 3 is 3.00 bits per heavy atom. The maximum Gasteiger partial charge on any atom is 0.127 e. The maximum atomic E-state index is 14.0. The van der Waals surface area contributed by atoms with Gasteiger partial charge in [0, 0.05) is 18.2 Å². The van der Waals surface area contributed by atoms with Crippen LogP contribution in [0.5, 0.6) is 0 Å². The van der Waals surface area contributed by atoms with E-state index in [9.17, 15) is 4.39 Å². The van der Waals surface area contributed by atoms with Crippen LogP contribution in [-0.4, -0.2) is 19.3 Å². The third kappa shape index (κ3) is 4.02. The Morgan fingerprint density at radius 1 is 1.47 bits per heavy atom. The largest absolute Gasteiger partial charge is 0.378 e. The highest BCUT2D eigenvalue weighted by Crippen LogP contribution is 2.26. The van der Waals surface area contributed by atoms with E-state index >= 15 is 0 Å². The number of aryl methyl sites for hydroxylation is 1. The van der Waals surface area contributed by atoms with Crippen LogP contribution in [0.2, 0.25) is 0 Å². The van der Waals surface area contributed by atoms with E-state index in [1.165, 1.54) is 0 Å². The molecule has 1 aliphatic rings. The average Bonchev–Trinajstić information content (AvgIpc) is 2.91. The minimum atomic E-state index is -0.108. The highest BCUT2D eigenvalue weighted by atomic mass is 19.1. The van der Waals surface area contributed by atoms with Crippen molar-refractivity contribution in [3.05, 3.63) is 35.1 Å². The molecule has 0 radical (unpaired) electrons. The van der Waals surface area contributed by atoms with Crippen molar-refractivity contribution in [2.24, 2.45) is 0 Å². The molecular formula is C16H24FNO. The van der Waals surface area contributed by atoms with Crippen LogP contribution in [0.25, 0.3) is 0 Å². The smallest absolute Gasteiger partial charge is 0.127 e. The van der Waals surface area contributed by atoms with Crippen molar-refractivity contribution >= 4 is 0 Å². The molecule has 0 spiro atoms. The first-order valence-corrected chi connectivity index (χ1v) is 7.31. The van der Waals surface area contributed by atoms with E-state index in [4.69, 9.17) is 4.74 Å². The van der Waals surface area contributed by atoms with Gasteiger partial charge in [0.2, 0.25) is 0 Å². The summed E-state index contributed by atoms with van der Waals surface area (Å²) in [6.45, 7) is 5.80. The standard InChI is InChI=1S/C16H24FNO/c1-3-18-16(9-7-13-5-4-10-19-13)14-11-12(2)6-8-15(14)17/h6,8,11,13,16,18H,3-5,7,9-10H2,1-2H3. The number of rotatable bonds is 6. The molecule has 3 heteroatoms. The Bertz CT molecular complexity index is 402. The molecule has 0 aromatic heterocycles. The molecule has 1 saturated heterocycles. The molecule has 0 amide bonds. The predicted molar refractivity (Wildman–Crippen MR) is 75.8 cm³/mol. The topological polar surface area (TPSA) is 21.3 Å². The Morgan fingerprint density at radius 2 is 2.32 bits per heavy atom. The van der Waals surface area contributed by atoms with Gasteiger partial charge in [0.25, 0.3) is 0 Å². The fraction of sp³-hybridized carbons (Fsp3) is 0.625. The van der Waals surface area contributed by atoms with Crippen molar-refractivity contribution in [1.82, 2.24) is 5.32 Å². The van der Waals surface area contributed by atoms with Crippen molar-refractivity contribution in [2.75, 3.05) is 13.2 Å². The zero-order chi connectivity index (χ0) is 13.7. The van der Waals surface area contributed by atoms with E-state index < -0.39 is 0 Å². The Kier molecular flexibility index (Phi) is 5.34. The van der Waals surface area contributed by atoms with Crippen LogP contribution in [-0.2, 0) is 4.74 Å². The van der Waals surface area contributed by atoms with Gasteiger partial charge in [-0.15, -0.1) is 0 Å². The zero-order valence-corrected chi connectivity index (χ0v) is 11.9. The second-order valence-corrected chi connectivity index (χ2v) is 5.35. The lowest BCUT2D eigenvalue weighted by atomic mass is 9.97. The van der Waals surface area contributed by atoms with E-state index in [1.54, 1.807) is 6.07 Å². The van der Waals surface area contributed by atoms with Crippen LogP contribution in [0.4, 0.5) is 4.39 Å². The average molecular weight is 265 g/mol. The molecule has 0 saturated carbocycles. The van der Waals surface area contributed by atoms with Gasteiger partial charge in [-0.05, 0) is 45.2 Å². The van der Waals surface area contributed by atoms with Gasteiger partial charge in [0.15, 0.2) is 0 Å².